The molecule has 11 aromatic rings. The molecule has 0 aliphatic carbocycles. The predicted molar refractivity (Wildman–Crippen MR) is 234 cm³/mol. The van der Waals surface area contributed by atoms with E-state index in [2.05, 4.69) is 180 Å². The Kier molecular flexibility index (Phi) is 7.64. The third-order valence-corrected chi connectivity index (χ3v) is 11.9. The number of fused-ring (bicyclic) bond motifs is 6. The molecule has 0 saturated carbocycles. The number of para-hydroxylation sites is 2. The maximum absolute atomic E-state index is 5.35. The van der Waals surface area contributed by atoms with Crippen LogP contribution in [0.25, 0.3) is 104 Å². The molecule has 4 nitrogen and oxygen atoms in total. The lowest BCUT2D eigenvalue weighted by molar-refractivity contribution is 1.16. The van der Waals surface area contributed by atoms with Gasteiger partial charge in [0.2, 0.25) is 0 Å². The summed E-state index contributed by atoms with van der Waals surface area (Å²) in [5.74, 6) is 0.666. The van der Waals surface area contributed by atoms with Gasteiger partial charge in [-0.15, -0.1) is 11.3 Å². The van der Waals surface area contributed by atoms with E-state index in [0.717, 1.165) is 66.1 Å². The van der Waals surface area contributed by atoms with Crippen LogP contribution in [0.5, 0.6) is 0 Å². The normalized spacial score (nSPS) is 11.6. The molecule has 0 saturated heterocycles. The molecule has 4 aromatic heterocycles. The highest BCUT2D eigenvalue weighted by Crippen LogP contribution is 2.42. The average Bonchev–Trinajstić information content (AvgIpc) is 3.83. The summed E-state index contributed by atoms with van der Waals surface area (Å²) >= 11 is 1.79. The number of rotatable bonds is 6. The van der Waals surface area contributed by atoms with E-state index >= 15 is 0 Å². The second kappa shape index (κ2) is 13.3. The molecule has 0 amide bonds. The molecule has 0 N–H and O–H groups in total. The Morgan fingerprint density at radius 2 is 0.946 bits per heavy atom. The molecule has 0 unspecified atom stereocenters. The van der Waals surface area contributed by atoms with Gasteiger partial charge < -0.3 is 4.57 Å². The van der Waals surface area contributed by atoms with Gasteiger partial charge in [-0.2, -0.15) is 0 Å². The molecule has 0 aliphatic heterocycles. The first-order valence-electron chi connectivity index (χ1n) is 18.8. The molecule has 11 rings (SSSR count). The molecule has 0 spiro atoms. The van der Waals surface area contributed by atoms with E-state index in [4.69, 9.17) is 15.0 Å². The molecule has 56 heavy (non-hydrogen) atoms. The first-order valence-corrected chi connectivity index (χ1v) is 19.6. The molecular weight excluding hydrogens is 701 g/mol. The Morgan fingerprint density at radius 3 is 1.64 bits per heavy atom. The van der Waals surface area contributed by atoms with Crippen molar-refractivity contribution < 1.29 is 0 Å². The van der Waals surface area contributed by atoms with Gasteiger partial charge in [0.25, 0.3) is 0 Å². The van der Waals surface area contributed by atoms with Crippen molar-refractivity contribution in [1.29, 1.82) is 0 Å². The molecule has 0 fully saturated rings. The first-order chi connectivity index (χ1) is 27.7. The number of nitrogens with zero attached hydrogens (tertiary/aromatic N) is 4. The molecular formula is C51H32N4S. The van der Waals surface area contributed by atoms with Crippen molar-refractivity contribution in [2.45, 2.75) is 0 Å². The summed E-state index contributed by atoms with van der Waals surface area (Å²) in [6.07, 6.45) is 1.94. The molecule has 5 heteroatoms. The van der Waals surface area contributed by atoms with Crippen LogP contribution in [-0.4, -0.2) is 19.5 Å². The summed E-state index contributed by atoms with van der Waals surface area (Å²) < 4.78 is 4.77. The van der Waals surface area contributed by atoms with E-state index in [1.807, 2.05) is 18.3 Å². The SMILES string of the molecule is c1ccc(-c2ccc(-c3cc(-c4ccccc4)nc(-c4cc(-c5ccnc6c5sc5ccccc56)cc(-n5c6ccccc6c6ccccc65)c4)n3)cc2)cc1. The van der Waals surface area contributed by atoms with Crippen LogP contribution in [0.15, 0.2) is 194 Å². The van der Waals surface area contributed by atoms with Crippen LogP contribution in [0.2, 0.25) is 0 Å². The van der Waals surface area contributed by atoms with E-state index in [1.54, 1.807) is 11.3 Å². The highest BCUT2D eigenvalue weighted by molar-refractivity contribution is 7.26. The molecule has 0 atom stereocenters. The number of pyridine rings is 1. The Morgan fingerprint density at radius 1 is 0.411 bits per heavy atom. The molecule has 262 valence electrons. The van der Waals surface area contributed by atoms with Crippen LogP contribution in [0, 0.1) is 0 Å². The van der Waals surface area contributed by atoms with Crippen molar-refractivity contribution in [2.75, 3.05) is 0 Å². The Bertz CT molecular complexity index is 3180. The van der Waals surface area contributed by atoms with E-state index in [1.165, 1.54) is 32.0 Å². The third kappa shape index (κ3) is 5.48. The van der Waals surface area contributed by atoms with Gasteiger partial charge in [-0.05, 0) is 65.2 Å². The zero-order chi connectivity index (χ0) is 37.0. The van der Waals surface area contributed by atoms with Gasteiger partial charge in [-0.1, -0.05) is 140 Å². The zero-order valence-electron chi connectivity index (χ0n) is 30.2. The van der Waals surface area contributed by atoms with E-state index in [-0.39, 0.29) is 0 Å². The molecule has 0 aliphatic rings. The lowest BCUT2D eigenvalue weighted by atomic mass is 10.00. The molecule has 0 radical (unpaired) electrons. The number of aromatic nitrogens is 4. The van der Waals surface area contributed by atoms with Crippen LogP contribution < -0.4 is 0 Å². The molecule has 4 heterocycles. The van der Waals surface area contributed by atoms with Gasteiger partial charge in [0, 0.05) is 55.0 Å². The molecule has 7 aromatic carbocycles. The van der Waals surface area contributed by atoms with Crippen LogP contribution in [0.1, 0.15) is 0 Å². The van der Waals surface area contributed by atoms with Gasteiger partial charge in [0.1, 0.15) is 0 Å². The smallest absolute Gasteiger partial charge is 0.160 e. The van der Waals surface area contributed by atoms with Gasteiger partial charge in [-0.3, -0.25) is 4.98 Å². The van der Waals surface area contributed by atoms with Gasteiger partial charge in [0.15, 0.2) is 5.82 Å². The number of hydrogen-bond acceptors (Lipinski definition) is 4. The number of benzene rings is 7. The Hall–Kier alpha value is -7.21. The quantitative estimate of drug-likeness (QED) is 0.171. The van der Waals surface area contributed by atoms with E-state index in [9.17, 15) is 0 Å². The number of thiophene rings is 1. The third-order valence-electron chi connectivity index (χ3n) is 10.7. The summed E-state index contributed by atoms with van der Waals surface area (Å²) in [7, 11) is 0. The van der Waals surface area contributed by atoms with Crippen molar-refractivity contribution in [1.82, 2.24) is 19.5 Å². The fourth-order valence-electron chi connectivity index (χ4n) is 8.00. The van der Waals surface area contributed by atoms with Crippen molar-refractivity contribution in [3.05, 3.63) is 194 Å². The predicted octanol–water partition coefficient (Wildman–Crippen LogP) is 13.7. The Balaban J connectivity index is 1.17. The second-order valence-corrected chi connectivity index (χ2v) is 15.1. The maximum atomic E-state index is 5.35. The first kappa shape index (κ1) is 32.2. The lowest BCUT2D eigenvalue weighted by Gasteiger charge is -2.15. The van der Waals surface area contributed by atoms with Crippen LogP contribution in [-0.2, 0) is 0 Å². The number of hydrogen-bond donors (Lipinski definition) is 0. The van der Waals surface area contributed by atoms with Crippen molar-refractivity contribution in [2.24, 2.45) is 0 Å². The highest BCUT2D eigenvalue weighted by atomic mass is 32.1. The van der Waals surface area contributed by atoms with E-state index in [0.29, 0.717) is 5.82 Å². The van der Waals surface area contributed by atoms with Crippen molar-refractivity contribution >= 4 is 53.4 Å². The summed E-state index contributed by atoms with van der Waals surface area (Å²) in [5.41, 5.74) is 13.7. The standard InChI is InChI=1S/C51H32N4S/c1-3-13-33(14-4-1)34-23-25-36(26-24-34)45-32-44(35-15-5-2-6-16-35)53-51(54-45)38-29-37(40-27-28-52-49-43-19-9-12-22-48(43)56-50(40)49)30-39(31-38)55-46-20-10-7-17-41(46)42-18-8-11-21-47(42)55/h1-32H. The minimum atomic E-state index is 0.666. The van der Waals surface area contributed by atoms with Gasteiger partial charge >= 0.3 is 0 Å². The fraction of sp³-hybridized carbons (Fsp3) is 0. The minimum Gasteiger partial charge on any atom is -0.309 e. The van der Waals surface area contributed by atoms with Crippen molar-refractivity contribution in [3.8, 4) is 61.8 Å². The average molecular weight is 733 g/mol. The van der Waals surface area contributed by atoms with Crippen LogP contribution in [0.3, 0.4) is 0 Å². The summed E-state index contributed by atoms with van der Waals surface area (Å²) in [5, 5.41) is 3.61. The molecule has 0 bridgehead atoms. The second-order valence-electron chi connectivity index (χ2n) is 14.0. The largest absolute Gasteiger partial charge is 0.309 e. The van der Waals surface area contributed by atoms with Gasteiger partial charge in [-0.25, -0.2) is 9.97 Å². The lowest BCUT2D eigenvalue weighted by Crippen LogP contribution is -1.99. The van der Waals surface area contributed by atoms with Gasteiger partial charge in [0.05, 0.1) is 32.6 Å². The zero-order valence-corrected chi connectivity index (χ0v) is 31.0. The Labute approximate surface area is 327 Å². The van der Waals surface area contributed by atoms with E-state index < -0.39 is 0 Å². The summed E-state index contributed by atoms with van der Waals surface area (Å²) in [4.78, 5) is 15.6. The van der Waals surface area contributed by atoms with Crippen LogP contribution >= 0.6 is 11.3 Å². The maximum Gasteiger partial charge on any atom is 0.160 e. The van der Waals surface area contributed by atoms with Crippen LogP contribution in [0.4, 0.5) is 0 Å². The topological polar surface area (TPSA) is 43.6 Å². The minimum absolute atomic E-state index is 0.666. The van der Waals surface area contributed by atoms with Crippen molar-refractivity contribution in [3.63, 3.8) is 0 Å². The monoisotopic (exact) mass is 732 g/mol. The highest BCUT2D eigenvalue weighted by Gasteiger charge is 2.19. The summed E-state index contributed by atoms with van der Waals surface area (Å²) in [6, 6.07) is 66.5. The summed E-state index contributed by atoms with van der Waals surface area (Å²) in [6.45, 7) is 0. The fourth-order valence-corrected chi connectivity index (χ4v) is 9.20.